The number of nitrogens with zero attached hydrogens (tertiary/aromatic N) is 4. The second-order valence-electron chi connectivity index (χ2n) is 6.93. The highest BCUT2D eigenvalue weighted by Gasteiger charge is 2.23. The lowest BCUT2D eigenvalue weighted by Crippen LogP contribution is -2.22. The summed E-state index contributed by atoms with van der Waals surface area (Å²) in [6.45, 7) is 1.78. The molecule has 0 unspecified atom stereocenters. The fraction of sp³-hybridized carbons (Fsp3) is 0.300. The molecule has 0 fully saturated rings. The zero-order valence-corrected chi connectivity index (χ0v) is 18.0. The molecule has 29 heavy (non-hydrogen) atoms. The minimum atomic E-state index is -0.0269. The Labute approximate surface area is 179 Å². The molecule has 0 radical (unpaired) electrons. The van der Waals surface area contributed by atoms with Crippen molar-refractivity contribution in [3.05, 3.63) is 61.8 Å². The minimum Gasteiger partial charge on any atom is -0.338 e. The van der Waals surface area contributed by atoms with Gasteiger partial charge in [0.25, 0.3) is 5.56 Å². The zero-order chi connectivity index (χ0) is 20.0. The summed E-state index contributed by atoms with van der Waals surface area (Å²) in [6.07, 6.45) is 4.26. The Morgan fingerprint density at radius 2 is 2.00 bits per heavy atom. The first-order valence-electron chi connectivity index (χ1n) is 9.35. The Bertz CT molecular complexity index is 1260. The van der Waals surface area contributed by atoms with Gasteiger partial charge in [-0.15, -0.1) is 11.3 Å². The molecular formula is C20H17ClN4O2S2. The number of rotatable bonds is 4. The average molecular weight is 445 g/mol. The monoisotopic (exact) mass is 444 g/mol. The third-order valence-electron chi connectivity index (χ3n) is 4.94. The molecule has 9 heteroatoms. The third-order valence-corrected chi connectivity index (χ3v) is 7.30. The van der Waals surface area contributed by atoms with E-state index < -0.39 is 0 Å². The summed E-state index contributed by atoms with van der Waals surface area (Å²) >= 11 is 9.13. The number of thiophene rings is 1. The number of hydrogen-bond donors (Lipinski definition) is 0. The maximum atomic E-state index is 13.6. The summed E-state index contributed by atoms with van der Waals surface area (Å²) in [5.41, 5.74) is 1.90. The fourth-order valence-corrected chi connectivity index (χ4v) is 5.90. The van der Waals surface area contributed by atoms with E-state index in [1.165, 1.54) is 28.6 Å². The molecule has 3 heterocycles. The number of aryl methyl sites for hydroxylation is 3. The quantitative estimate of drug-likeness (QED) is 0.327. The van der Waals surface area contributed by atoms with Gasteiger partial charge < -0.3 is 4.52 Å². The highest BCUT2D eigenvalue weighted by atomic mass is 35.5. The van der Waals surface area contributed by atoms with Crippen molar-refractivity contribution >= 4 is 44.9 Å². The van der Waals surface area contributed by atoms with E-state index in [2.05, 4.69) is 10.1 Å². The number of halogens is 1. The molecule has 0 saturated heterocycles. The maximum absolute atomic E-state index is 13.6. The van der Waals surface area contributed by atoms with E-state index in [9.17, 15) is 4.79 Å². The summed E-state index contributed by atoms with van der Waals surface area (Å²) in [6, 6.07) is 7.26. The van der Waals surface area contributed by atoms with Gasteiger partial charge in [0.1, 0.15) is 4.83 Å². The van der Waals surface area contributed by atoms with Gasteiger partial charge in [-0.25, -0.2) is 4.98 Å². The molecule has 1 aliphatic carbocycles. The number of aromatic nitrogens is 4. The topological polar surface area (TPSA) is 73.8 Å². The summed E-state index contributed by atoms with van der Waals surface area (Å²) in [7, 11) is 0. The molecule has 1 aromatic carbocycles. The molecule has 148 valence electrons. The van der Waals surface area contributed by atoms with E-state index in [4.69, 9.17) is 21.1 Å². The van der Waals surface area contributed by atoms with Gasteiger partial charge in [0.05, 0.1) is 16.8 Å². The van der Waals surface area contributed by atoms with E-state index in [1.54, 1.807) is 35.0 Å². The molecule has 6 nitrogen and oxygen atoms in total. The average Bonchev–Trinajstić information content (AvgIpc) is 3.30. The SMILES string of the molecule is Cc1noc(CSc2nc3sc4c(c3c(=O)n2-c2ccc(Cl)cc2)CCCC4)n1. The van der Waals surface area contributed by atoms with Crippen molar-refractivity contribution in [3.8, 4) is 5.69 Å². The van der Waals surface area contributed by atoms with Gasteiger partial charge in [0.15, 0.2) is 11.0 Å². The molecule has 3 aromatic heterocycles. The zero-order valence-electron chi connectivity index (χ0n) is 15.6. The predicted octanol–water partition coefficient (Wildman–Crippen LogP) is 4.96. The van der Waals surface area contributed by atoms with Crippen LogP contribution in [0.1, 0.15) is 35.0 Å². The second kappa shape index (κ2) is 7.59. The van der Waals surface area contributed by atoms with Gasteiger partial charge in [-0.3, -0.25) is 9.36 Å². The molecule has 0 saturated carbocycles. The van der Waals surface area contributed by atoms with Crippen LogP contribution in [0, 0.1) is 6.92 Å². The first-order valence-corrected chi connectivity index (χ1v) is 11.5. The normalized spacial score (nSPS) is 13.7. The Morgan fingerprint density at radius 3 is 2.76 bits per heavy atom. The lowest BCUT2D eigenvalue weighted by molar-refractivity contribution is 0.387. The van der Waals surface area contributed by atoms with E-state index in [0.29, 0.717) is 27.6 Å². The highest BCUT2D eigenvalue weighted by molar-refractivity contribution is 7.98. The van der Waals surface area contributed by atoms with Crippen molar-refractivity contribution in [1.82, 2.24) is 19.7 Å². The van der Waals surface area contributed by atoms with E-state index in [1.807, 2.05) is 12.1 Å². The van der Waals surface area contributed by atoms with Crippen LogP contribution in [0.25, 0.3) is 15.9 Å². The molecule has 0 bridgehead atoms. The van der Waals surface area contributed by atoms with Crippen LogP contribution in [0.5, 0.6) is 0 Å². The van der Waals surface area contributed by atoms with Gasteiger partial charge in [0.2, 0.25) is 5.89 Å². The van der Waals surface area contributed by atoms with Crippen LogP contribution in [0.4, 0.5) is 0 Å². The molecule has 4 aromatic rings. The smallest absolute Gasteiger partial charge is 0.267 e. The molecule has 0 N–H and O–H groups in total. The molecule has 0 atom stereocenters. The number of benzene rings is 1. The first kappa shape index (κ1) is 18.8. The Balaban J connectivity index is 1.67. The van der Waals surface area contributed by atoms with Gasteiger partial charge in [0, 0.05) is 9.90 Å². The maximum Gasteiger partial charge on any atom is 0.267 e. The fourth-order valence-electron chi connectivity index (χ4n) is 3.63. The largest absolute Gasteiger partial charge is 0.338 e. The van der Waals surface area contributed by atoms with Crippen LogP contribution in [0.3, 0.4) is 0 Å². The first-order chi connectivity index (χ1) is 14.1. The van der Waals surface area contributed by atoms with Gasteiger partial charge in [-0.05, 0) is 62.4 Å². The molecule has 0 aliphatic heterocycles. The van der Waals surface area contributed by atoms with Crippen LogP contribution < -0.4 is 5.56 Å². The van der Waals surface area contributed by atoms with Crippen LogP contribution in [-0.4, -0.2) is 19.7 Å². The Kier molecular flexibility index (Phi) is 4.93. The summed E-state index contributed by atoms with van der Waals surface area (Å²) in [4.78, 5) is 24.9. The summed E-state index contributed by atoms with van der Waals surface area (Å²) in [5.74, 6) is 1.54. The lowest BCUT2D eigenvalue weighted by Gasteiger charge is -2.13. The lowest BCUT2D eigenvalue weighted by atomic mass is 9.97. The molecule has 0 amide bonds. The predicted molar refractivity (Wildman–Crippen MR) is 115 cm³/mol. The summed E-state index contributed by atoms with van der Waals surface area (Å²) in [5, 5.41) is 5.83. The van der Waals surface area contributed by atoms with Gasteiger partial charge in [-0.1, -0.05) is 28.5 Å². The molecule has 0 spiro atoms. The second-order valence-corrected chi connectivity index (χ2v) is 9.39. The van der Waals surface area contributed by atoms with Crippen molar-refractivity contribution in [2.24, 2.45) is 0 Å². The van der Waals surface area contributed by atoms with E-state index in [-0.39, 0.29) is 5.56 Å². The van der Waals surface area contributed by atoms with Crippen LogP contribution in [-0.2, 0) is 18.6 Å². The molecular weight excluding hydrogens is 428 g/mol. The van der Waals surface area contributed by atoms with Crippen molar-refractivity contribution in [2.45, 2.75) is 43.5 Å². The molecule has 5 rings (SSSR count). The van der Waals surface area contributed by atoms with Crippen molar-refractivity contribution < 1.29 is 4.52 Å². The van der Waals surface area contributed by atoms with Crippen molar-refractivity contribution in [3.63, 3.8) is 0 Å². The van der Waals surface area contributed by atoms with E-state index >= 15 is 0 Å². The van der Waals surface area contributed by atoms with Gasteiger partial charge in [-0.2, -0.15) is 4.98 Å². The van der Waals surface area contributed by atoms with Crippen LogP contribution in [0.2, 0.25) is 5.02 Å². The minimum absolute atomic E-state index is 0.0269. The number of fused-ring (bicyclic) bond motifs is 3. The van der Waals surface area contributed by atoms with Crippen molar-refractivity contribution in [2.75, 3.05) is 0 Å². The Morgan fingerprint density at radius 1 is 1.21 bits per heavy atom. The number of hydrogen-bond acceptors (Lipinski definition) is 7. The van der Waals surface area contributed by atoms with Gasteiger partial charge >= 0.3 is 0 Å². The third kappa shape index (κ3) is 3.49. The van der Waals surface area contributed by atoms with E-state index in [0.717, 1.165) is 35.2 Å². The summed E-state index contributed by atoms with van der Waals surface area (Å²) < 4.78 is 6.89. The van der Waals surface area contributed by atoms with Crippen LogP contribution in [0.15, 0.2) is 38.7 Å². The Hall–Kier alpha value is -2.16. The van der Waals surface area contributed by atoms with Crippen LogP contribution >= 0.6 is 34.7 Å². The molecule has 1 aliphatic rings. The highest BCUT2D eigenvalue weighted by Crippen LogP contribution is 2.35. The number of thioether (sulfide) groups is 1. The standard InChI is InChI=1S/C20H17ClN4O2S2/c1-11-22-16(27-24-11)10-28-20-23-18-17(14-4-2-3-5-15(14)29-18)19(26)25(20)13-8-6-12(21)7-9-13/h6-9H,2-5,10H2,1H3. The van der Waals surface area contributed by atoms with Crippen molar-refractivity contribution in [1.29, 1.82) is 0 Å².